The van der Waals surface area contributed by atoms with Gasteiger partial charge in [0.1, 0.15) is 24.7 Å². The highest BCUT2D eigenvalue weighted by atomic mass is 32.2. The molecule has 1 heterocycles. The number of carbonyl (C=O) groups is 1. The topological polar surface area (TPSA) is 133 Å². The lowest BCUT2D eigenvalue weighted by Gasteiger charge is -2.13. The molecule has 9 nitrogen and oxygen atoms in total. The lowest BCUT2D eigenvalue weighted by atomic mass is 10.1. The van der Waals surface area contributed by atoms with Crippen LogP contribution < -0.4 is 15.2 Å². The molecule has 3 N–H and O–H groups in total. The molecule has 0 amide bonds. The maximum absolute atomic E-state index is 11.0. The third-order valence-electron chi connectivity index (χ3n) is 5.37. The van der Waals surface area contributed by atoms with E-state index in [1.165, 1.54) is 0 Å². The number of carboxylic acids is 1. The number of fused-ring (bicyclic) bond motifs is 4. The van der Waals surface area contributed by atoms with Crippen molar-refractivity contribution in [1.82, 2.24) is 9.56 Å². The molecule has 0 atom stereocenters. The highest BCUT2D eigenvalue weighted by molar-refractivity contribution is 7.85. The van der Waals surface area contributed by atoms with E-state index in [-0.39, 0.29) is 18.6 Å². The van der Waals surface area contributed by atoms with Gasteiger partial charge in [-0.2, -0.15) is 8.42 Å². The van der Waals surface area contributed by atoms with Crippen molar-refractivity contribution in [2.75, 3.05) is 31.2 Å². The molecule has 0 saturated carbocycles. The summed E-state index contributed by atoms with van der Waals surface area (Å²) >= 11 is 0. The second kappa shape index (κ2) is 9.16. The first-order valence-electron chi connectivity index (χ1n) is 10.4. The first kappa shape index (κ1) is 22.7. The molecule has 0 aromatic heterocycles. The van der Waals surface area contributed by atoms with Gasteiger partial charge in [0, 0.05) is 35.1 Å². The zero-order chi connectivity index (χ0) is 23.6. The molecule has 1 aliphatic heterocycles. The molecular weight excluding hydrogens is 446 g/mol. The highest BCUT2D eigenvalue weighted by Crippen LogP contribution is 2.33. The van der Waals surface area contributed by atoms with Crippen LogP contribution in [0.4, 0.5) is 5.69 Å². The molecule has 2 aliphatic rings. The van der Waals surface area contributed by atoms with E-state index in [0.717, 1.165) is 21.8 Å². The van der Waals surface area contributed by atoms with Gasteiger partial charge in [0.25, 0.3) is 10.1 Å². The maximum atomic E-state index is 11.0. The van der Waals surface area contributed by atoms with Crippen LogP contribution in [0.15, 0.2) is 52.9 Å². The number of hydrogen-bond acceptors (Lipinski definition) is 6. The van der Waals surface area contributed by atoms with Crippen LogP contribution in [0.2, 0.25) is 0 Å². The van der Waals surface area contributed by atoms with Crippen LogP contribution in [-0.2, 0) is 14.9 Å². The minimum atomic E-state index is -4.01. The van der Waals surface area contributed by atoms with Gasteiger partial charge in [0.15, 0.2) is 17.9 Å². The Morgan fingerprint density at radius 1 is 1.15 bits per heavy atom. The number of nitrogens with zero attached hydrogens (tertiary/aromatic N) is 2. The van der Waals surface area contributed by atoms with E-state index in [1.807, 2.05) is 60.2 Å². The van der Waals surface area contributed by atoms with E-state index < -0.39 is 16.1 Å². The first-order valence-corrected chi connectivity index (χ1v) is 12.0. The maximum Gasteiger partial charge on any atom is 0.309 e. The van der Waals surface area contributed by atoms with Crippen molar-refractivity contribution < 1.29 is 27.3 Å². The second-order valence-electron chi connectivity index (χ2n) is 7.81. The number of carboxylic acid groups (broad SMARTS) is 1. The molecule has 0 spiro atoms. The van der Waals surface area contributed by atoms with Crippen molar-refractivity contribution in [1.29, 1.82) is 0 Å². The summed E-state index contributed by atoms with van der Waals surface area (Å²) in [5.41, 5.74) is 2.71. The smallest absolute Gasteiger partial charge is 0.309 e. The average Bonchev–Trinajstić information content (AvgIpc) is 2.78. The Kier molecular flexibility index (Phi) is 6.30. The van der Waals surface area contributed by atoms with Crippen LogP contribution >= 0.6 is 0 Å². The Balaban J connectivity index is 1.78. The average molecular weight is 471 g/mol. The number of nitrogens with one attached hydrogen (secondary N) is 1. The van der Waals surface area contributed by atoms with Crippen molar-refractivity contribution in [2.24, 2.45) is 0 Å². The monoisotopic (exact) mass is 470 g/mol. The Labute approximate surface area is 190 Å². The number of hydrogen-bond donors (Lipinski definition) is 3. The predicted octanol–water partition coefficient (Wildman–Crippen LogP) is 2.65. The lowest BCUT2D eigenvalue weighted by Crippen LogP contribution is -2.28. The van der Waals surface area contributed by atoms with Crippen molar-refractivity contribution in [3.05, 3.63) is 53.9 Å². The molecule has 4 rings (SSSR count). The number of aliphatic carboxylic acids is 1. The van der Waals surface area contributed by atoms with Crippen LogP contribution in [0.1, 0.15) is 12.8 Å². The van der Waals surface area contributed by atoms with Gasteiger partial charge in [-0.3, -0.25) is 9.35 Å². The van der Waals surface area contributed by atoms with Crippen LogP contribution in [-0.4, -0.2) is 54.9 Å². The van der Waals surface area contributed by atoms with Gasteiger partial charge >= 0.3 is 5.97 Å². The predicted molar refractivity (Wildman–Crippen MR) is 126 cm³/mol. The molecule has 2 aromatic rings. The van der Waals surface area contributed by atoms with Crippen LogP contribution in [0.5, 0.6) is 0 Å². The molecule has 0 saturated heterocycles. The van der Waals surface area contributed by atoms with Gasteiger partial charge in [-0.1, -0.05) is 24.3 Å². The van der Waals surface area contributed by atoms with Gasteiger partial charge in [-0.15, -0.1) is 0 Å². The zero-order valence-corrected chi connectivity index (χ0v) is 18.8. The standard InChI is InChI=1S/C23H23N3O6S/c1-26(11-9-22(27)28)15-7-8-18-20(13-15)32-21-14-19(24-10-4-12-33(29,30)31)16-5-2-3-6-17(16)23(21)25-18/h2-3,5-8,13-14H,4,9-12H2,1H3,(H2,27,28,29,30,31)/p+1. The number of benzene rings is 3. The Bertz CT molecular complexity index is 1490. The largest absolute Gasteiger partial charge is 0.481 e. The number of rotatable bonds is 8. The van der Waals surface area contributed by atoms with Gasteiger partial charge in [-0.05, 0) is 12.5 Å². The van der Waals surface area contributed by atoms with Crippen LogP contribution in [0.3, 0.4) is 0 Å². The quantitative estimate of drug-likeness (QED) is 0.118. The summed E-state index contributed by atoms with van der Waals surface area (Å²) in [6.45, 7) is 0.721. The minimum Gasteiger partial charge on any atom is -0.481 e. The number of aromatic nitrogens is 1. The van der Waals surface area contributed by atoms with E-state index in [4.69, 9.17) is 19.1 Å². The fourth-order valence-electron chi connectivity index (χ4n) is 3.70. The second-order valence-corrected chi connectivity index (χ2v) is 9.39. The molecule has 172 valence electrons. The summed E-state index contributed by atoms with van der Waals surface area (Å²) in [6, 6.07) is 15.1. The summed E-state index contributed by atoms with van der Waals surface area (Å²) in [6.07, 6.45) is 0.282. The Morgan fingerprint density at radius 2 is 1.91 bits per heavy atom. The SMILES string of the molecule is C[N+](CCC(=O)O)=c1ccc2nc3c(cc(NCCCS(=O)(=O)O)c4ccccc43)oc-2c1. The van der Waals surface area contributed by atoms with Crippen LogP contribution in [0, 0.1) is 0 Å². The number of anilines is 1. The molecule has 1 aliphatic carbocycles. The molecule has 0 bridgehead atoms. The third kappa shape index (κ3) is 5.29. The summed E-state index contributed by atoms with van der Waals surface area (Å²) in [7, 11) is -2.19. The van der Waals surface area contributed by atoms with E-state index in [2.05, 4.69) is 5.32 Å². The summed E-state index contributed by atoms with van der Waals surface area (Å²) in [5, 5.41) is 14.8. The normalized spacial score (nSPS) is 12.9. The lowest BCUT2D eigenvalue weighted by molar-refractivity contribution is -0.136. The van der Waals surface area contributed by atoms with Crippen LogP contribution in [0.25, 0.3) is 33.3 Å². The van der Waals surface area contributed by atoms with Crippen molar-refractivity contribution >= 4 is 43.6 Å². The van der Waals surface area contributed by atoms with Gasteiger partial charge < -0.3 is 14.8 Å². The van der Waals surface area contributed by atoms with Crippen molar-refractivity contribution in [2.45, 2.75) is 12.8 Å². The zero-order valence-electron chi connectivity index (χ0n) is 18.0. The molecule has 0 fully saturated rings. The van der Waals surface area contributed by atoms with E-state index in [9.17, 15) is 13.2 Å². The molecule has 10 heteroatoms. The summed E-state index contributed by atoms with van der Waals surface area (Å²) in [5.74, 6) is -0.612. The van der Waals surface area contributed by atoms with Crippen molar-refractivity contribution in [3.8, 4) is 11.5 Å². The van der Waals surface area contributed by atoms with Gasteiger partial charge in [0.2, 0.25) is 5.36 Å². The van der Waals surface area contributed by atoms with E-state index >= 15 is 0 Å². The minimum absolute atomic E-state index is 0.0280. The van der Waals surface area contributed by atoms with Gasteiger partial charge in [0.05, 0.1) is 11.8 Å². The highest BCUT2D eigenvalue weighted by Gasteiger charge is 2.15. The molecule has 33 heavy (non-hydrogen) atoms. The molecule has 0 unspecified atom stereocenters. The fourth-order valence-corrected chi connectivity index (χ4v) is 4.21. The Hall–Kier alpha value is -3.50. The van der Waals surface area contributed by atoms with E-state index in [0.29, 0.717) is 35.6 Å². The fraction of sp³-hybridized carbons (Fsp3) is 0.261. The third-order valence-corrected chi connectivity index (χ3v) is 6.18. The van der Waals surface area contributed by atoms with E-state index in [1.54, 1.807) is 0 Å². The molecular formula is C23H24N3O6S+. The van der Waals surface area contributed by atoms with Gasteiger partial charge in [-0.25, -0.2) is 9.56 Å². The first-order chi connectivity index (χ1) is 15.7. The summed E-state index contributed by atoms with van der Waals surface area (Å²) in [4.78, 5) is 15.7. The van der Waals surface area contributed by atoms with Crippen molar-refractivity contribution in [3.63, 3.8) is 0 Å². The molecule has 2 aromatic carbocycles. The Morgan fingerprint density at radius 3 is 2.64 bits per heavy atom. The molecule has 0 radical (unpaired) electrons. The summed E-state index contributed by atoms with van der Waals surface area (Å²) < 4.78 is 38.9.